The van der Waals surface area contributed by atoms with Crippen molar-refractivity contribution < 1.29 is 0 Å². The third kappa shape index (κ3) is 2.02. The first-order valence-corrected chi connectivity index (χ1v) is 5.52. The lowest BCUT2D eigenvalue weighted by molar-refractivity contribution is 0.0407. The molecule has 0 N–H and O–H groups in total. The highest BCUT2D eigenvalue weighted by Gasteiger charge is 2.37. The number of hydrogen-bond acceptors (Lipinski definition) is 0. The van der Waals surface area contributed by atoms with Crippen LogP contribution in [-0.4, -0.2) is 0 Å². The van der Waals surface area contributed by atoms with Crippen LogP contribution in [0.15, 0.2) is 0 Å². The highest BCUT2D eigenvalue weighted by molar-refractivity contribution is 4.87. The van der Waals surface area contributed by atoms with Crippen LogP contribution < -0.4 is 0 Å². The second-order valence-electron chi connectivity index (χ2n) is 5.37. The van der Waals surface area contributed by atoms with Crippen LogP contribution in [0, 0.1) is 29.6 Å². The Morgan fingerprint density at radius 1 is 1.08 bits per heavy atom. The minimum absolute atomic E-state index is 0.875. The molecule has 12 heavy (non-hydrogen) atoms. The van der Waals surface area contributed by atoms with Crippen molar-refractivity contribution in [3.8, 4) is 0 Å². The van der Waals surface area contributed by atoms with E-state index < -0.39 is 0 Å². The molecule has 1 fully saturated rings. The van der Waals surface area contributed by atoms with Crippen molar-refractivity contribution in [2.45, 2.75) is 47.5 Å². The van der Waals surface area contributed by atoms with Crippen molar-refractivity contribution in [3.63, 3.8) is 0 Å². The maximum Gasteiger partial charge on any atom is -0.0337 e. The van der Waals surface area contributed by atoms with Crippen LogP contribution >= 0.6 is 0 Å². The average molecular weight is 168 g/mol. The molecule has 1 aliphatic rings. The van der Waals surface area contributed by atoms with Crippen LogP contribution in [0.25, 0.3) is 0 Å². The van der Waals surface area contributed by atoms with Gasteiger partial charge in [0.1, 0.15) is 0 Å². The lowest BCUT2D eigenvalue weighted by Gasteiger charge is -2.45. The van der Waals surface area contributed by atoms with Crippen molar-refractivity contribution in [3.05, 3.63) is 0 Å². The van der Waals surface area contributed by atoms with E-state index in [1.54, 1.807) is 0 Å². The van der Waals surface area contributed by atoms with Crippen LogP contribution in [-0.2, 0) is 0 Å². The molecular weight excluding hydrogens is 144 g/mol. The molecule has 0 nitrogen and oxygen atoms in total. The molecule has 0 amide bonds. The van der Waals surface area contributed by atoms with Gasteiger partial charge in [-0.1, -0.05) is 34.6 Å². The molecule has 1 rings (SSSR count). The van der Waals surface area contributed by atoms with Crippen molar-refractivity contribution in [2.24, 2.45) is 29.6 Å². The Labute approximate surface area is 77.7 Å². The largest absolute Gasteiger partial charge is 0.0628 e. The second-order valence-corrected chi connectivity index (χ2v) is 5.37. The van der Waals surface area contributed by atoms with E-state index in [0.717, 1.165) is 29.6 Å². The summed E-state index contributed by atoms with van der Waals surface area (Å²) in [5, 5.41) is 0. The fourth-order valence-electron chi connectivity index (χ4n) is 3.29. The zero-order valence-corrected chi connectivity index (χ0v) is 9.30. The van der Waals surface area contributed by atoms with E-state index in [1.807, 2.05) is 0 Å². The van der Waals surface area contributed by atoms with Crippen molar-refractivity contribution >= 4 is 0 Å². The molecular formula is C12H24. The Hall–Kier alpha value is 0. The molecule has 0 spiro atoms. The quantitative estimate of drug-likeness (QED) is 0.598. The van der Waals surface area contributed by atoms with Crippen molar-refractivity contribution in [1.29, 1.82) is 0 Å². The van der Waals surface area contributed by atoms with Gasteiger partial charge in [0.15, 0.2) is 0 Å². The second kappa shape index (κ2) is 3.81. The fourth-order valence-corrected chi connectivity index (χ4v) is 3.29. The molecule has 0 aromatic rings. The molecule has 1 saturated carbocycles. The topological polar surface area (TPSA) is 0 Å². The summed E-state index contributed by atoms with van der Waals surface area (Å²) in [6.07, 6.45) is 2.88. The summed E-state index contributed by atoms with van der Waals surface area (Å²) in [6, 6.07) is 0. The molecule has 1 aliphatic carbocycles. The maximum atomic E-state index is 2.44. The number of rotatable bonds is 3. The molecule has 0 radical (unpaired) electrons. The zero-order valence-electron chi connectivity index (χ0n) is 9.30. The van der Waals surface area contributed by atoms with E-state index in [2.05, 4.69) is 34.6 Å². The van der Waals surface area contributed by atoms with Crippen LogP contribution in [0.2, 0.25) is 0 Å². The van der Waals surface area contributed by atoms with Gasteiger partial charge in [0, 0.05) is 0 Å². The van der Waals surface area contributed by atoms with Gasteiger partial charge in [-0.05, 0) is 42.4 Å². The van der Waals surface area contributed by atoms with E-state index in [-0.39, 0.29) is 0 Å². The Kier molecular flexibility index (Phi) is 3.20. The van der Waals surface area contributed by atoms with Gasteiger partial charge in [-0.3, -0.25) is 0 Å². The first-order valence-electron chi connectivity index (χ1n) is 5.52. The normalized spacial score (nSPS) is 38.0. The zero-order chi connectivity index (χ0) is 9.30. The van der Waals surface area contributed by atoms with E-state index in [9.17, 15) is 0 Å². The molecule has 0 aromatic heterocycles. The Balaban J connectivity index is 2.35. The molecule has 3 atom stereocenters. The third-order valence-electron chi connectivity index (χ3n) is 3.56. The highest BCUT2D eigenvalue weighted by atomic mass is 14.4. The molecule has 0 heteroatoms. The van der Waals surface area contributed by atoms with Gasteiger partial charge in [0.05, 0.1) is 0 Å². The predicted molar refractivity (Wildman–Crippen MR) is 55.1 cm³/mol. The van der Waals surface area contributed by atoms with E-state index in [0.29, 0.717) is 0 Å². The predicted octanol–water partition coefficient (Wildman–Crippen LogP) is 3.96. The summed E-state index contributed by atoms with van der Waals surface area (Å²) >= 11 is 0. The van der Waals surface area contributed by atoms with Crippen LogP contribution in [0.3, 0.4) is 0 Å². The first-order chi connectivity index (χ1) is 5.52. The highest BCUT2D eigenvalue weighted by Crippen LogP contribution is 2.45. The van der Waals surface area contributed by atoms with Gasteiger partial charge in [-0.2, -0.15) is 0 Å². The lowest BCUT2D eigenvalue weighted by atomic mass is 9.60. The Morgan fingerprint density at radius 3 is 1.92 bits per heavy atom. The van der Waals surface area contributed by atoms with Crippen LogP contribution in [0.4, 0.5) is 0 Å². The standard InChI is InChI=1S/C12H24/c1-8(2)6-9(3)12-10(4)7-11(12)5/h8-12H,6-7H2,1-5H3. The first kappa shape index (κ1) is 10.1. The molecule has 0 aliphatic heterocycles. The summed E-state index contributed by atoms with van der Waals surface area (Å²) in [7, 11) is 0. The molecule has 0 heterocycles. The summed E-state index contributed by atoms with van der Waals surface area (Å²) in [4.78, 5) is 0. The molecule has 3 unspecified atom stereocenters. The Bertz CT molecular complexity index is 129. The third-order valence-corrected chi connectivity index (χ3v) is 3.56. The maximum absolute atomic E-state index is 2.44. The molecule has 0 aromatic carbocycles. The van der Waals surface area contributed by atoms with Gasteiger partial charge < -0.3 is 0 Å². The monoisotopic (exact) mass is 168 g/mol. The van der Waals surface area contributed by atoms with Crippen LogP contribution in [0.5, 0.6) is 0 Å². The Morgan fingerprint density at radius 2 is 1.58 bits per heavy atom. The van der Waals surface area contributed by atoms with E-state index >= 15 is 0 Å². The summed E-state index contributed by atoms with van der Waals surface area (Å²) in [5.41, 5.74) is 0. The van der Waals surface area contributed by atoms with Gasteiger partial charge >= 0.3 is 0 Å². The fraction of sp³-hybridized carbons (Fsp3) is 1.00. The molecule has 0 saturated heterocycles. The lowest BCUT2D eigenvalue weighted by Crippen LogP contribution is -2.37. The summed E-state index contributed by atoms with van der Waals surface area (Å²) in [5.74, 6) is 4.83. The number of hydrogen-bond donors (Lipinski definition) is 0. The van der Waals surface area contributed by atoms with E-state index in [4.69, 9.17) is 0 Å². The average Bonchev–Trinajstić information content (AvgIpc) is 1.83. The summed E-state index contributed by atoms with van der Waals surface area (Å²) < 4.78 is 0. The molecule has 0 bridgehead atoms. The SMILES string of the molecule is CC(C)CC(C)C1C(C)CC1C. The van der Waals surface area contributed by atoms with Gasteiger partial charge in [-0.25, -0.2) is 0 Å². The minimum atomic E-state index is 0.875. The smallest absolute Gasteiger partial charge is 0.0337 e. The molecule has 72 valence electrons. The minimum Gasteiger partial charge on any atom is -0.0628 e. The van der Waals surface area contributed by atoms with Gasteiger partial charge in [-0.15, -0.1) is 0 Å². The summed E-state index contributed by atoms with van der Waals surface area (Å²) in [6.45, 7) is 12.0. The van der Waals surface area contributed by atoms with Crippen molar-refractivity contribution in [2.75, 3.05) is 0 Å². The van der Waals surface area contributed by atoms with E-state index in [1.165, 1.54) is 12.8 Å². The van der Waals surface area contributed by atoms with Crippen LogP contribution in [0.1, 0.15) is 47.5 Å². The van der Waals surface area contributed by atoms with Gasteiger partial charge in [0.2, 0.25) is 0 Å². The van der Waals surface area contributed by atoms with Gasteiger partial charge in [0.25, 0.3) is 0 Å². The van der Waals surface area contributed by atoms with Crippen molar-refractivity contribution in [1.82, 2.24) is 0 Å².